The molecule has 0 aromatic heterocycles. The zero-order valence-corrected chi connectivity index (χ0v) is 13.4. The second-order valence-electron chi connectivity index (χ2n) is 4.64. The van der Waals surface area contributed by atoms with E-state index in [1.807, 2.05) is 6.26 Å². The molecular weight excluding hydrogens is 316 g/mol. The summed E-state index contributed by atoms with van der Waals surface area (Å²) in [6.45, 7) is 0.698. The Kier molecular flexibility index (Phi) is 4.65. The van der Waals surface area contributed by atoms with Gasteiger partial charge in [0.05, 0.1) is 11.1 Å². The molecule has 1 heterocycles. The lowest BCUT2D eigenvalue weighted by atomic mass is 9.99. The van der Waals surface area contributed by atoms with E-state index in [4.69, 9.17) is 11.6 Å². The summed E-state index contributed by atoms with van der Waals surface area (Å²) in [6, 6.07) is 8.74. The van der Waals surface area contributed by atoms with Crippen LogP contribution in [0, 0.1) is 11.3 Å². The van der Waals surface area contributed by atoms with Gasteiger partial charge in [-0.15, -0.1) is 11.8 Å². The van der Waals surface area contributed by atoms with Crippen LogP contribution in [-0.4, -0.2) is 36.8 Å². The zero-order chi connectivity index (χ0) is 14.8. The van der Waals surface area contributed by atoms with E-state index < -0.39 is 14.8 Å². The lowest BCUT2D eigenvalue weighted by Gasteiger charge is -2.35. The number of hydrogen-bond donors (Lipinski definition) is 0. The summed E-state index contributed by atoms with van der Waals surface area (Å²) in [5, 5.41) is 9.46. The molecule has 1 aliphatic rings. The van der Waals surface area contributed by atoms with Gasteiger partial charge in [0, 0.05) is 13.1 Å². The molecular formula is C13H15ClN2O2S2. The standard InChI is InChI=1S/C13H15ClN2O2S2/c1-19-13(10-15)6-8-16(9-7-13)20(17,18)12-5-3-2-4-11(12)14/h2-5H,6-9H2,1H3. The van der Waals surface area contributed by atoms with E-state index in [9.17, 15) is 13.7 Å². The summed E-state index contributed by atoms with van der Waals surface area (Å²) < 4.78 is 26.0. The summed E-state index contributed by atoms with van der Waals surface area (Å²) >= 11 is 7.47. The third kappa shape index (κ3) is 2.82. The van der Waals surface area contributed by atoms with Crippen molar-refractivity contribution in [2.75, 3.05) is 19.3 Å². The van der Waals surface area contributed by atoms with Crippen molar-refractivity contribution in [3.05, 3.63) is 29.3 Å². The molecule has 0 saturated carbocycles. The highest BCUT2D eigenvalue weighted by Gasteiger charge is 2.38. The molecule has 20 heavy (non-hydrogen) atoms. The summed E-state index contributed by atoms with van der Waals surface area (Å²) in [5.74, 6) is 0. The van der Waals surface area contributed by atoms with Crippen LogP contribution < -0.4 is 0 Å². The van der Waals surface area contributed by atoms with Crippen molar-refractivity contribution >= 4 is 33.4 Å². The Balaban J connectivity index is 2.23. The van der Waals surface area contributed by atoms with Gasteiger partial charge >= 0.3 is 0 Å². The van der Waals surface area contributed by atoms with Gasteiger partial charge in [-0.05, 0) is 31.2 Å². The molecule has 1 aliphatic heterocycles. The highest BCUT2D eigenvalue weighted by Crippen LogP contribution is 2.36. The number of nitrogens with zero attached hydrogens (tertiary/aromatic N) is 2. The summed E-state index contributed by atoms with van der Waals surface area (Å²) in [4.78, 5) is 0.135. The van der Waals surface area contributed by atoms with Gasteiger partial charge in [0.25, 0.3) is 0 Å². The van der Waals surface area contributed by atoms with Crippen molar-refractivity contribution in [3.8, 4) is 6.07 Å². The monoisotopic (exact) mass is 330 g/mol. The average Bonchev–Trinajstić information content (AvgIpc) is 2.47. The molecule has 0 N–H and O–H groups in total. The molecule has 7 heteroatoms. The number of halogens is 1. The van der Waals surface area contributed by atoms with E-state index in [0.29, 0.717) is 25.9 Å². The molecule has 0 atom stereocenters. The Morgan fingerprint density at radius 2 is 1.95 bits per heavy atom. The Labute approximate surface area is 128 Å². The first-order chi connectivity index (χ1) is 9.45. The summed E-state index contributed by atoms with van der Waals surface area (Å²) in [5.41, 5.74) is 0. The maximum absolute atomic E-state index is 12.5. The maximum Gasteiger partial charge on any atom is 0.244 e. The minimum absolute atomic E-state index is 0.135. The fraction of sp³-hybridized carbons (Fsp3) is 0.462. The van der Waals surface area contributed by atoms with Gasteiger partial charge in [0.15, 0.2) is 0 Å². The minimum atomic E-state index is -3.58. The predicted molar refractivity (Wildman–Crippen MR) is 81.3 cm³/mol. The first-order valence-electron chi connectivity index (χ1n) is 6.16. The molecule has 0 aliphatic carbocycles. The Morgan fingerprint density at radius 1 is 1.35 bits per heavy atom. The van der Waals surface area contributed by atoms with Crippen LogP contribution in [0.1, 0.15) is 12.8 Å². The fourth-order valence-electron chi connectivity index (χ4n) is 2.24. The largest absolute Gasteiger partial charge is 0.244 e. The van der Waals surface area contributed by atoms with E-state index in [1.165, 1.54) is 22.1 Å². The number of rotatable bonds is 3. The molecule has 0 unspecified atom stereocenters. The highest BCUT2D eigenvalue weighted by atomic mass is 35.5. The number of hydrogen-bond acceptors (Lipinski definition) is 4. The molecule has 0 spiro atoms. The molecule has 1 aromatic rings. The highest BCUT2D eigenvalue weighted by molar-refractivity contribution is 8.00. The smallest absolute Gasteiger partial charge is 0.207 e. The van der Waals surface area contributed by atoms with Gasteiger partial charge in [-0.25, -0.2) is 8.42 Å². The first-order valence-corrected chi connectivity index (χ1v) is 9.20. The van der Waals surface area contributed by atoms with Gasteiger partial charge in [-0.2, -0.15) is 9.57 Å². The topological polar surface area (TPSA) is 61.2 Å². The number of sulfonamides is 1. The lowest BCUT2D eigenvalue weighted by Crippen LogP contribution is -2.44. The van der Waals surface area contributed by atoms with Gasteiger partial charge in [-0.3, -0.25) is 0 Å². The third-order valence-corrected chi connectivity index (χ3v) is 7.26. The average molecular weight is 331 g/mol. The van der Waals surface area contributed by atoms with Crippen molar-refractivity contribution in [2.24, 2.45) is 0 Å². The van der Waals surface area contributed by atoms with Crippen LogP contribution >= 0.6 is 23.4 Å². The van der Waals surface area contributed by atoms with Gasteiger partial charge in [0.1, 0.15) is 9.64 Å². The van der Waals surface area contributed by atoms with Crippen molar-refractivity contribution < 1.29 is 8.42 Å². The van der Waals surface area contributed by atoms with Gasteiger partial charge < -0.3 is 0 Å². The van der Waals surface area contributed by atoms with Crippen LogP contribution in [0.4, 0.5) is 0 Å². The Hall–Kier alpha value is -0.740. The summed E-state index contributed by atoms with van der Waals surface area (Å²) in [6.07, 6.45) is 2.96. The van der Waals surface area contributed by atoms with E-state index in [2.05, 4.69) is 6.07 Å². The Morgan fingerprint density at radius 3 is 2.45 bits per heavy atom. The molecule has 108 valence electrons. The van der Waals surface area contributed by atoms with E-state index in [-0.39, 0.29) is 9.92 Å². The maximum atomic E-state index is 12.5. The van der Waals surface area contributed by atoms with Crippen molar-refractivity contribution in [1.82, 2.24) is 4.31 Å². The zero-order valence-electron chi connectivity index (χ0n) is 11.0. The summed E-state index contributed by atoms with van der Waals surface area (Å²) in [7, 11) is -3.58. The SMILES string of the molecule is CSC1(C#N)CCN(S(=O)(=O)c2ccccc2Cl)CC1. The van der Waals surface area contributed by atoms with E-state index in [1.54, 1.807) is 18.2 Å². The molecule has 0 amide bonds. The van der Waals surface area contributed by atoms with Gasteiger partial charge in [0.2, 0.25) is 10.0 Å². The third-order valence-electron chi connectivity index (χ3n) is 3.58. The fourth-order valence-corrected chi connectivity index (χ4v) is 4.86. The lowest BCUT2D eigenvalue weighted by molar-refractivity contribution is 0.327. The minimum Gasteiger partial charge on any atom is -0.207 e. The molecule has 1 aromatic carbocycles. The normalized spacial score (nSPS) is 19.4. The number of benzene rings is 1. The molecule has 1 fully saturated rings. The van der Waals surface area contributed by atoms with Crippen molar-refractivity contribution in [3.63, 3.8) is 0 Å². The Bertz CT molecular complexity index is 632. The van der Waals surface area contributed by atoms with E-state index in [0.717, 1.165) is 0 Å². The predicted octanol–water partition coefficient (Wildman–Crippen LogP) is 2.75. The van der Waals surface area contributed by atoms with Crippen LogP contribution in [0.2, 0.25) is 5.02 Å². The second kappa shape index (κ2) is 5.94. The molecule has 2 rings (SSSR count). The molecule has 4 nitrogen and oxygen atoms in total. The molecule has 0 radical (unpaired) electrons. The van der Waals surface area contributed by atoms with Gasteiger partial charge in [-0.1, -0.05) is 23.7 Å². The second-order valence-corrected chi connectivity index (χ2v) is 8.15. The quantitative estimate of drug-likeness (QED) is 0.855. The van der Waals surface area contributed by atoms with Crippen LogP contribution in [0.3, 0.4) is 0 Å². The first kappa shape index (κ1) is 15.6. The van der Waals surface area contributed by atoms with Crippen LogP contribution in [0.25, 0.3) is 0 Å². The number of nitriles is 1. The molecule has 0 bridgehead atoms. The molecule has 1 saturated heterocycles. The van der Waals surface area contributed by atoms with Crippen LogP contribution in [-0.2, 0) is 10.0 Å². The van der Waals surface area contributed by atoms with Crippen LogP contribution in [0.5, 0.6) is 0 Å². The van der Waals surface area contributed by atoms with Crippen molar-refractivity contribution in [2.45, 2.75) is 22.5 Å². The number of piperidine rings is 1. The van der Waals surface area contributed by atoms with E-state index >= 15 is 0 Å². The van der Waals surface area contributed by atoms with Crippen molar-refractivity contribution in [1.29, 1.82) is 5.26 Å². The number of thioether (sulfide) groups is 1. The van der Waals surface area contributed by atoms with Crippen LogP contribution in [0.15, 0.2) is 29.2 Å².